The van der Waals surface area contributed by atoms with Gasteiger partial charge in [-0.25, -0.2) is 4.57 Å². The van der Waals surface area contributed by atoms with E-state index in [1.54, 1.807) is 0 Å². The molecule has 0 fully saturated rings. The molecule has 0 aromatic carbocycles. The van der Waals surface area contributed by atoms with E-state index in [4.69, 9.17) is 0 Å². The van der Waals surface area contributed by atoms with Gasteiger partial charge in [-0.2, -0.15) is 0 Å². The Bertz CT molecular complexity index is 293. The lowest BCUT2D eigenvalue weighted by Crippen LogP contribution is -2.33. The summed E-state index contributed by atoms with van der Waals surface area (Å²) in [5.74, 6) is 0. The second kappa shape index (κ2) is 9.21. The first-order valence-corrected chi connectivity index (χ1v) is 7.34. The van der Waals surface area contributed by atoms with Crippen molar-refractivity contribution < 1.29 is 4.57 Å². The summed E-state index contributed by atoms with van der Waals surface area (Å²) in [4.78, 5) is 0. The van der Waals surface area contributed by atoms with Crippen LogP contribution in [0.4, 0.5) is 0 Å². The van der Waals surface area contributed by atoms with E-state index in [0.29, 0.717) is 0 Å². The van der Waals surface area contributed by atoms with Crippen molar-refractivity contribution >= 4 is 0 Å². The molecule has 0 unspecified atom stereocenters. The Hall–Kier alpha value is -0.850. The highest BCUT2D eigenvalue weighted by atomic mass is 14.9. The topological polar surface area (TPSA) is 3.88 Å². The van der Waals surface area contributed by atoms with Gasteiger partial charge in [-0.1, -0.05) is 39.5 Å². The van der Waals surface area contributed by atoms with Gasteiger partial charge >= 0.3 is 0 Å². The second-order valence-electron chi connectivity index (χ2n) is 4.97. The van der Waals surface area contributed by atoms with Crippen molar-refractivity contribution in [2.24, 2.45) is 0 Å². The van der Waals surface area contributed by atoms with Crippen LogP contribution in [0.3, 0.4) is 0 Å². The third kappa shape index (κ3) is 6.45. The molecule has 0 aliphatic rings. The Morgan fingerprint density at radius 1 is 0.941 bits per heavy atom. The lowest BCUT2D eigenvalue weighted by molar-refractivity contribution is -0.697. The van der Waals surface area contributed by atoms with Crippen LogP contribution in [-0.2, 0) is 13.0 Å². The highest BCUT2D eigenvalue weighted by Crippen LogP contribution is 2.04. The lowest BCUT2D eigenvalue weighted by atomic mass is 10.1. The van der Waals surface area contributed by atoms with Gasteiger partial charge in [0.05, 0.1) is 0 Å². The number of rotatable bonds is 9. The lowest BCUT2D eigenvalue weighted by Gasteiger charge is -2.01. The Kier molecular flexibility index (Phi) is 7.70. The predicted octanol–water partition coefficient (Wildman–Crippen LogP) is 4.29. The molecule has 1 heteroatoms. The molecule has 1 aromatic heterocycles. The van der Waals surface area contributed by atoms with Crippen molar-refractivity contribution in [2.45, 2.75) is 71.8 Å². The normalized spacial score (nSPS) is 10.7. The van der Waals surface area contributed by atoms with Crippen LogP contribution in [0, 0.1) is 0 Å². The first-order valence-electron chi connectivity index (χ1n) is 7.34. The molecule has 1 aromatic rings. The van der Waals surface area contributed by atoms with Crippen molar-refractivity contribution in [3.8, 4) is 0 Å². The summed E-state index contributed by atoms with van der Waals surface area (Å²) in [6.07, 6.45) is 15.2. The fourth-order valence-electron chi connectivity index (χ4n) is 2.14. The van der Waals surface area contributed by atoms with Gasteiger partial charge in [0, 0.05) is 18.1 Å². The van der Waals surface area contributed by atoms with E-state index in [2.05, 4.69) is 42.9 Å². The Morgan fingerprint density at radius 2 is 1.71 bits per heavy atom. The Balaban J connectivity index is 2.27. The van der Waals surface area contributed by atoms with Crippen LogP contribution in [0.25, 0.3) is 0 Å². The molecule has 0 aliphatic heterocycles. The van der Waals surface area contributed by atoms with Gasteiger partial charge < -0.3 is 0 Å². The molecular weight excluding hydrogens is 206 g/mol. The van der Waals surface area contributed by atoms with Crippen LogP contribution in [0.1, 0.15) is 64.4 Å². The minimum Gasteiger partial charge on any atom is -0.205 e. The summed E-state index contributed by atoms with van der Waals surface area (Å²) < 4.78 is 2.36. The molecule has 96 valence electrons. The number of unbranched alkanes of at least 4 members (excludes halogenated alkanes) is 5. The van der Waals surface area contributed by atoms with E-state index in [1.807, 2.05) is 0 Å². The molecule has 0 bridgehead atoms. The van der Waals surface area contributed by atoms with E-state index in [0.717, 1.165) is 0 Å². The number of pyridine rings is 1. The van der Waals surface area contributed by atoms with Gasteiger partial charge in [-0.3, -0.25) is 0 Å². The van der Waals surface area contributed by atoms with Gasteiger partial charge in [0.15, 0.2) is 12.4 Å². The van der Waals surface area contributed by atoms with Crippen LogP contribution >= 0.6 is 0 Å². The minimum absolute atomic E-state index is 1.18. The molecule has 1 rings (SSSR count). The van der Waals surface area contributed by atoms with Gasteiger partial charge in [0.25, 0.3) is 0 Å². The SMILES string of the molecule is CCCCCCC[n+]1cccc(CCCC)c1. The molecule has 0 aliphatic carbocycles. The summed E-state index contributed by atoms with van der Waals surface area (Å²) in [6, 6.07) is 4.44. The quantitative estimate of drug-likeness (QED) is 0.443. The average molecular weight is 234 g/mol. The number of nitrogens with zero attached hydrogens (tertiary/aromatic N) is 1. The third-order valence-electron chi connectivity index (χ3n) is 3.26. The second-order valence-corrected chi connectivity index (χ2v) is 4.97. The van der Waals surface area contributed by atoms with Crippen LogP contribution in [0.2, 0.25) is 0 Å². The maximum absolute atomic E-state index is 2.36. The molecule has 0 radical (unpaired) electrons. The van der Waals surface area contributed by atoms with Crippen LogP contribution in [0.15, 0.2) is 24.5 Å². The maximum atomic E-state index is 2.36. The summed E-state index contributed by atoms with van der Waals surface area (Å²) in [5.41, 5.74) is 1.49. The molecule has 0 N–H and O–H groups in total. The zero-order valence-corrected chi connectivity index (χ0v) is 11.6. The third-order valence-corrected chi connectivity index (χ3v) is 3.26. The fourth-order valence-corrected chi connectivity index (χ4v) is 2.14. The highest BCUT2D eigenvalue weighted by Gasteiger charge is 2.02. The standard InChI is InChI=1S/C16H28N/c1-3-5-7-8-9-13-17-14-10-12-16(15-17)11-6-4-2/h10,12,14-15H,3-9,11,13H2,1-2H3/q+1. The molecule has 0 saturated heterocycles. The molecule has 0 atom stereocenters. The summed E-state index contributed by atoms with van der Waals surface area (Å²) in [7, 11) is 0. The van der Waals surface area contributed by atoms with E-state index in [-0.39, 0.29) is 0 Å². The number of hydrogen-bond donors (Lipinski definition) is 0. The Labute approximate surface area is 107 Å². The van der Waals surface area contributed by atoms with Crippen LogP contribution < -0.4 is 4.57 Å². The first-order chi connectivity index (χ1) is 8.36. The molecule has 1 heterocycles. The summed E-state index contributed by atoms with van der Waals surface area (Å²) >= 11 is 0. The van der Waals surface area contributed by atoms with Crippen LogP contribution in [0.5, 0.6) is 0 Å². The van der Waals surface area contributed by atoms with E-state index < -0.39 is 0 Å². The smallest absolute Gasteiger partial charge is 0.171 e. The van der Waals surface area contributed by atoms with Crippen LogP contribution in [-0.4, -0.2) is 0 Å². The predicted molar refractivity (Wildman–Crippen MR) is 74.0 cm³/mol. The largest absolute Gasteiger partial charge is 0.205 e. The van der Waals surface area contributed by atoms with Gasteiger partial charge in [0.1, 0.15) is 6.54 Å². The van der Waals surface area contributed by atoms with E-state index >= 15 is 0 Å². The molecule has 0 saturated carbocycles. The van der Waals surface area contributed by atoms with E-state index in [1.165, 1.54) is 63.5 Å². The van der Waals surface area contributed by atoms with Gasteiger partial charge in [-0.05, 0) is 25.3 Å². The fraction of sp³-hybridized carbons (Fsp3) is 0.688. The van der Waals surface area contributed by atoms with Crippen molar-refractivity contribution in [1.82, 2.24) is 0 Å². The molecule has 1 nitrogen and oxygen atoms in total. The molecular formula is C16H28N+. The van der Waals surface area contributed by atoms with Crippen molar-refractivity contribution in [3.63, 3.8) is 0 Å². The average Bonchev–Trinajstić information content (AvgIpc) is 2.37. The first kappa shape index (κ1) is 14.2. The van der Waals surface area contributed by atoms with E-state index in [9.17, 15) is 0 Å². The molecule has 17 heavy (non-hydrogen) atoms. The monoisotopic (exact) mass is 234 g/mol. The molecule has 0 spiro atoms. The highest BCUT2D eigenvalue weighted by molar-refractivity contribution is 5.05. The summed E-state index contributed by atoms with van der Waals surface area (Å²) in [5, 5.41) is 0. The van der Waals surface area contributed by atoms with Crippen molar-refractivity contribution in [2.75, 3.05) is 0 Å². The Morgan fingerprint density at radius 3 is 2.47 bits per heavy atom. The number of aromatic nitrogens is 1. The number of aryl methyl sites for hydroxylation is 2. The van der Waals surface area contributed by atoms with Gasteiger partial charge in [0.2, 0.25) is 0 Å². The zero-order valence-electron chi connectivity index (χ0n) is 11.6. The number of hydrogen-bond acceptors (Lipinski definition) is 0. The molecule has 0 amide bonds. The summed E-state index contributed by atoms with van der Waals surface area (Å²) in [6.45, 7) is 5.71. The van der Waals surface area contributed by atoms with Crippen molar-refractivity contribution in [1.29, 1.82) is 0 Å². The minimum atomic E-state index is 1.18. The zero-order chi connectivity index (χ0) is 12.3. The van der Waals surface area contributed by atoms with Gasteiger partial charge in [-0.15, -0.1) is 0 Å². The van der Waals surface area contributed by atoms with Crippen molar-refractivity contribution in [3.05, 3.63) is 30.1 Å². The maximum Gasteiger partial charge on any atom is 0.171 e.